The van der Waals surface area contributed by atoms with Crippen LogP contribution in [-0.2, 0) is 23.6 Å². The van der Waals surface area contributed by atoms with Crippen molar-refractivity contribution in [3.05, 3.63) is 40.7 Å². The maximum atomic E-state index is 12.3. The standard InChI is InChI=1S/C14H20N4O2S/c1-9-5-12(15)7-13(6-9)21(19,20)16-8-14-10(2)17-18(4)11(14)3/h5-7,16H,8,15H2,1-4H3. The Kier molecular flexibility index (Phi) is 4.06. The van der Waals surface area contributed by atoms with Gasteiger partial charge in [-0.3, -0.25) is 4.68 Å². The monoisotopic (exact) mass is 308 g/mol. The number of nitrogen functional groups attached to an aromatic ring is 1. The van der Waals surface area contributed by atoms with Crippen LogP contribution in [0.25, 0.3) is 0 Å². The van der Waals surface area contributed by atoms with E-state index in [0.29, 0.717) is 5.69 Å². The van der Waals surface area contributed by atoms with Crippen molar-refractivity contribution in [3.8, 4) is 0 Å². The summed E-state index contributed by atoms with van der Waals surface area (Å²) >= 11 is 0. The van der Waals surface area contributed by atoms with Gasteiger partial charge < -0.3 is 5.73 Å². The van der Waals surface area contributed by atoms with E-state index >= 15 is 0 Å². The van der Waals surface area contributed by atoms with Crippen molar-refractivity contribution in [3.63, 3.8) is 0 Å². The molecule has 1 aromatic heterocycles. The molecular weight excluding hydrogens is 288 g/mol. The molecule has 0 aliphatic rings. The first-order valence-corrected chi connectivity index (χ1v) is 8.05. The van der Waals surface area contributed by atoms with Gasteiger partial charge in [-0.25, -0.2) is 13.1 Å². The molecule has 114 valence electrons. The van der Waals surface area contributed by atoms with E-state index in [1.54, 1.807) is 16.8 Å². The van der Waals surface area contributed by atoms with Crippen LogP contribution < -0.4 is 10.5 Å². The first-order chi connectivity index (χ1) is 9.70. The van der Waals surface area contributed by atoms with Crippen LogP contribution in [0.2, 0.25) is 0 Å². The van der Waals surface area contributed by atoms with Gasteiger partial charge in [-0.1, -0.05) is 0 Å². The highest BCUT2D eigenvalue weighted by Gasteiger charge is 2.17. The van der Waals surface area contributed by atoms with Gasteiger partial charge in [0.05, 0.1) is 10.6 Å². The van der Waals surface area contributed by atoms with E-state index in [9.17, 15) is 8.42 Å². The number of sulfonamides is 1. The van der Waals surface area contributed by atoms with Gasteiger partial charge in [0.2, 0.25) is 10.0 Å². The molecule has 6 nitrogen and oxygen atoms in total. The predicted octanol–water partition coefficient (Wildman–Crippen LogP) is 1.41. The van der Waals surface area contributed by atoms with Crippen LogP contribution in [0, 0.1) is 20.8 Å². The number of benzene rings is 1. The summed E-state index contributed by atoms with van der Waals surface area (Å²) in [5, 5.41) is 4.27. The lowest BCUT2D eigenvalue weighted by molar-refractivity contribution is 0.581. The number of aryl methyl sites for hydroxylation is 3. The summed E-state index contributed by atoms with van der Waals surface area (Å²) in [6.45, 7) is 5.79. The Morgan fingerprint density at radius 3 is 2.43 bits per heavy atom. The molecular formula is C14H20N4O2S. The summed E-state index contributed by atoms with van der Waals surface area (Å²) in [6, 6.07) is 4.79. The van der Waals surface area contributed by atoms with Gasteiger partial charge in [0, 0.05) is 30.5 Å². The van der Waals surface area contributed by atoms with Gasteiger partial charge in [0.15, 0.2) is 0 Å². The smallest absolute Gasteiger partial charge is 0.240 e. The molecule has 1 aromatic carbocycles. The summed E-state index contributed by atoms with van der Waals surface area (Å²) in [6.07, 6.45) is 0. The maximum absolute atomic E-state index is 12.3. The highest BCUT2D eigenvalue weighted by Crippen LogP contribution is 2.17. The van der Waals surface area contributed by atoms with Gasteiger partial charge in [-0.15, -0.1) is 0 Å². The molecule has 0 aliphatic carbocycles. The van der Waals surface area contributed by atoms with Crippen LogP contribution in [-0.4, -0.2) is 18.2 Å². The number of nitrogens with two attached hydrogens (primary N) is 1. The third-order valence-electron chi connectivity index (χ3n) is 3.48. The summed E-state index contributed by atoms with van der Waals surface area (Å²) in [5.74, 6) is 0. The van der Waals surface area contributed by atoms with E-state index in [4.69, 9.17) is 5.73 Å². The minimum atomic E-state index is -3.59. The normalized spacial score (nSPS) is 11.8. The van der Waals surface area contributed by atoms with E-state index in [1.165, 1.54) is 6.07 Å². The Bertz CT molecular complexity index is 758. The second-order valence-electron chi connectivity index (χ2n) is 5.18. The maximum Gasteiger partial charge on any atom is 0.240 e. The zero-order valence-electron chi connectivity index (χ0n) is 12.6. The zero-order chi connectivity index (χ0) is 15.8. The number of rotatable bonds is 4. The highest BCUT2D eigenvalue weighted by molar-refractivity contribution is 7.89. The van der Waals surface area contributed by atoms with Crippen molar-refractivity contribution >= 4 is 15.7 Å². The molecule has 3 N–H and O–H groups in total. The fraction of sp³-hybridized carbons (Fsp3) is 0.357. The van der Waals surface area contributed by atoms with Crippen LogP contribution in [0.15, 0.2) is 23.1 Å². The first kappa shape index (κ1) is 15.5. The van der Waals surface area contributed by atoms with E-state index in [1.807, 2.05) is 27.8 Å². The molecule has 2 aromatic rings. The van der Waals surface area contributed by atoms with Crippen LogP contribution in [0.1, 0.15) is 22.5 Å². The third kappa shape index (κ3) is 3.25. The average molecular weight is 308 g/mol. The van der Waals surface area contributed by atoms with Gasteiger partial charge in [-0.05, 0) is 44.5 Å². The summed E-state index contributed by atoms with van der Waals surface area (Å²) < 4.78 is 29.0. The van der Waals surface area contributed by atoms with Crippen molar-refractivity contribution in [2.45, 2.75) is 32.2 Å². The number of aromatic nitrogens is 2. The fourth-order valence-corrected chi connectivity index (χ4v) is 3.39. The minimum absolute atomic E-state index is 0.180. The second kappa shape index (κ2) is 5.50. The van der Waals surface area contributed by atoms with Gasteiger partial charge >= 0.3 is 0 Å². The number of anilines is 1. The number of hydrogen-bond donors (Lipinski definition) is 2. The largest absolute Gasteiger partial charge is 0.399 e. The average Bonchev–Trinajstić information content (AvgIpc) is 2.60. The Morgan fingerprint density at radius 1 is 1.24 bits per heavy atom. The van der Waals surface area contributed by atoms with Gasteiger partial charge in [-0.2, -0.15) is 5.10 Å². The number of nitrogens with zero attached hydrogens (tertiary/aromatic N) is 2. The Balaban J connectivity index is 2.26. The number of hydrogen-bond acceptors (Lipinski definition) is 4. The molecule has 0 fully saturated rings. The van der Waals surface area contributed by atoms with Crippen molar-refractivity contribution < 1.29 is 8.42 Å². The molecule has 0 aliphatic heterocycles. The zero-order valence-corrected chi connectivity index (χ0v) is 13.5. The molecule has 21 heavy (non-hydrogen) atoms. The topological polar surface area (TPSA) is 90.0 Å². The number of nitrogens with one attached hydrogen (secondary N) is 1. The molecule has 7 heteroatoms. The Morgan fingerprint density at radius 2 is 1.90 bits per heavy atom. The molecule has 0 spiro atoms. The Hall–Kier alpha value is -1.86. The van der Waals surface area contributed by atoms with E-state index in [2.05, 4.69) is 9.82 Å². The van der Waals surface area contributed by atoms with Crippen molar-refractivity contribution in [2.24, 2.45) is 7.05 Å². The molecule has 0 unspecified atom stereocenters. The molecule has 1 heterocycles. The predicted molar refractivity (Wildman–Crippen MR) is 82.3 cm³/mol. The van der Waals surface area contributed by atoms with E-state index in [-0.39, 0.29) is 11.4 Å². The van der Waals surface area contributed by atoms with Crippen LogP contribution in [0.3, 0.4) is 0 Å². The van der Waals surface area contributed by atoms with Crippen molar-refractivity contribution in [1.29, 1.82) is 0 Å². The highest BCUT2D eigenvalue weighted by atomic mass is 32.2. The first-order valence-electron chi connectivity index (χ1n) is 6.56. The van der Waals surface area contributed by atoms with Crippen LogP contribution in [0.5, 0.6) is 0 Å². The fourth-order valence-electron chi connectivity index (χ4n) is 2.26. The van der Waals surface area contributed by atoms with E-state index in [0.717, 1.165) is 22.5 Å². The Labute approximate surface area is 125 Å². The summed E-state index contributed by atoms with van der Waals surface area (Å²) in [7, 11) is -1.76. The summed E-state index contributed by atoms with van der Waals surface area (Å²) in [5.41, 5.74) is 9.61. The third-order valence-corrected chi connectivity index (χ3v) is 4.86. The SMILES string of the molecule is Cc1cc(N)cc(S(=O)(=O)NCc2c(C)nn(C)c2C)c1. The van der Waals surface area contributed by atoms with Crippen molar-refractivity contribution in [2.75, 3.05) is 5.73 Å². The van der Waals surface area contributed by atoms with E-state index < -0.39 is 10.0 Å². The second-order valence-corrected chi connectivity index (χ2v) is 6.94. The molecule has 2 rings (SSSR count). The van der Waals surface area contributed by atoms with Crippen LogP contribution >= 0.6 is 0 Å². The quantitative estimate of drug-likeness (QED) is 0.836. The molecule has 0 radical (unpaired) electrons. The molecule has 0 saturated heterocycles. The minimum Gasteiger partial charge on any atom is -0.399 e. The molecule has 0 amide bonds. The van der Waals surface area contributed by atoms with Crippen molar-refractivity contribution in [1.82, 2.24) is 14.5 Å². The van der Waals surface area contributed by atoms with Crippen LogP contribution in [0.4, 0.5) is 5.69 Å². The van der Waals surface area contributed by atoms with Gasteiger partial charge in [0.25, 0.3) is 0 Å². The lowest BCUT2D eigenvalue weighted by atomic mass is 10.2. The lowest BCUT2D eigenvalue weighted by Crippen LogP contribution is -2.24. The molecule has 0 saturated carbocycles. The molecule has 0 atom stereocenters. The summed E-state index contributed by atoms with van der Waals surface area (Å²) in [4.78, 5) is 0.180. The molecule has 0 bridgehead atoms. The van der Waals surface area contributed by atoms with Gasteiger partial charge in [0.1, 0.15) is 0 Å². The lowest BCUT2D eigenvalue weighted by Gasteiger charge is -2.09.